The fourth-order valence-electron chi connectivity index (χ4n) is 3.28. The Morgan fingerprint density at radius 1 is 1.32 bits per heavy atom. The number of benzene rings is 1. The van der Waals surface area contributed by atoms with Crippen molar-refractivity contribution in [3.8, 4) is 16.9 Å². The summed E-state index contributed by atoms with van der Waals surface area (Å²) in [7, 11) is 0. The molecule has 1 N–H and O–H groups in total. The van der Waals surface area contributed by atoms with E-state index in [-0.39, 0.29) is 30.0 Å². The molecule has 0 spiro atoms. The van der Waals surface area contributed by atoms with Crippen LogP contribution in [0.3, 0.4) is 0 Å². The number of ether oxygens (including phenoxy) is 1. The Bertz CT molecular complexity index is 988. The maximum absolute atomic E-state index is 14.5. The van der Waals surface area contributed by atoms with Gasteiger partial charge in [-0.2, -0.15) is 0 Å². The molecule has 1 aliphatic heterocycles. The number of carbonyl (C=O) groups is 1. The van der Waals surface area contributed by atoms with Crippen molar-refractivity contribution in [3.05, 3.63) is 65.6 Å². The lowest BCUT2D eigenvalue weighted by Gasteiger charge is -2.11. The number of pyridine rings is 1. The summed E-state index contributed by atoms with van der Waals surface area (Å²) in [5.41, 5.74) is 2.62. The summed E-state index contributed by atoms with van der Waals surface area (Å²) in [6.07, 6.45) is 5.20. The Morgan fingerprint density at radius 3 is 3.00 bits per heavy atom. The second-order valence-electron chi connectivity index (χ2n) is 6.77. The number of fused-ring (bicyclic) bond motifs is 1. The molecule has 1 atom stereocenters. The van der Waals surface area contributed by atoms with Crippen LogP contribution in [0.15, 0.2) is 47.2 Å². The predicted molar refractivity (Wildman–Crippen MR) is 101 cm³/mol. The van der Waals surface area contributed by atoms with Crippen molar-refractivity contribution >= 4 is 5.91 Å². The van der Waals surface area contributed by atoms with Crippen molar-refractivity contribution in [2.24, 2.45) is 0 Å². The van der Waals surface area contributed by atoms with Crippen LogP contribution in [0.4, 0.5) is 4.39 Å². The molecule has 1 aliphatic rings. The van der Waals surface area contributed by atoms with Gasteiger partial charge >= 0.3 is 0 Å². The monoisotopic (exact) mass is 381 g/mol. The third-order valence-corrected chi connectivity index (χ3v) is 4.63. The van der Waals surface area contributed by atoms with Gasteiger partial charge in [0.15, 0.2) is 17.3 Å². The fraction of sp³-hybridized carbons (Fsp3) is 0.286. The van der Waals surface area contributed by atoms with E-state index in [9.17, 15) is 9.18 Å². The first kappa shape index (κ1) is 18.2. The maximum Gasteiger partial charge on any atom is 0.273 e. The van der Waals surface area contributed by atoms with E-state index in [1.807, 2.05) is 25.1 Å². The summed E-state index contributed by atoms with van der Waals surface area (Å²) in [5.74, 6) is 0.189. The molecule has 1 aromatic carbocycles. The minimum atomic E-state index is -0.411. The number of hydrogen-bond acceptors (Lipinski definition) is 5. The smallest absolute Gasteiger partial charge is 0.273 e. The van der Waals surface area contributed by atoms with E-state index in [4.69, 9.17) is 9.26 Å². The largest absolute Gasteiger partial charge is 0.485 e. The first-order chi connectivity index (χ1) is 13.6. The number of nitrogens with zero attached hydrogens (tertiary/aromatic N) is 2. The quantitative estimate of drug-likeness (QED) is 0.706. The van der Waals surface area contributed by atoms with Gasteiger partial charge < -0.3 is 14.6 Å². The van der Waals surface area contributed by atoms with Crippen LogP contribution in [-0.2, 0) is 12.8 Å². The van der Waals surface area contributed by atoms with Crippen molar-refractivity contribution in [1.82, 2.24) is 15.5 Å². The number of halogens is 1. The molecule has 0 unspecified atom stereocenters. The van der Waals surface area contributed by atoms with Crippen LogP contribution in [0.5, 0.6) is 5.75 Å². The maximum atomic E-state index is 14.5. The van der Waals surface area contributed by atoms with Gasteiger partial charge in [0, 0.05) is 42.4 Å². The van der Waals surface area contributed by atoms with E-state index in [0.29, 0.717) is 12.2 Å². The molecule has 0 saturated heterocycles. The van der Waals surface area contributed by atoms with Gasteiger partial charge in [0.25, 0.3) is 5.91 Å². The molecule has 3 heterocycles. The van der Waals surface area contributed by atoms with Crippen molar-refractivity contribution in [2.75, 3.05) is 6.54 Å². The third-order valence-electron chi connectivity index (χ3n) is 4.63. The number of carbonyl (C=O) groups excluding carboxylic acids is 1. The highest BCUT2D eigenvalue weighted by Crippen LogP contribution is 2.35. The summed E-state index contributed by atoms with van der Waals surface area (Å²) in [6.45, 7) is 2.28. The number of hydrogen-bond donors (Lipinski definition) is 1. The lowest BCUT2D eigenvalue weighted by molar-refractivity contribution is 0.0923. The van der Waals surface area contributed by atoms with Crippen molar-refractivity contribution in [1.29, 1.82) is 0 Å². The van der Waals surface area contributed by atoms with Gasteiger partial charge in [-0.15, -0.1) is 0 Å². The van der Waals surface area contributed by atoms with Gasteiger partial charge in [-0.3, -0.25) is 9.78 Å². The zero-order chi connectivity index (χ0) is 19.5. The van der Waals surface area contributed by atoms with Crippen LogP contribution < -0.4 is 10.1 Å². The van der Waals surface area contributed by atoms with E-state index in [2.05, 4.69) is 15.5 Å². The molecule has 7 heteroatoms. The summed E-state index contributed by atoms with van der Waals surface area (Å²) < 4.78 is 25.3. The highest BCUT2D eigenvalue weighted by atomic mass is 19.1. The van der Waals surface area contributed by atoms with Gasteiger partial charge in [-0.1, -0.05) is 18.1 Å². The van der Waals surface area contributed by atoms with E-state index in [1.165, 1.54) is 6.07 Å². The first-order valence-corrected chi connectivity index (χ1v) is 9.27. The minimum absolute atomic E-state index is 0.240. The Morgan fingerprint density at radius 2 is 2.21 bits per heavy atom. The third kappa shape index (κ3) is 3.74. The Kier molecular flexibility index (Phi) is 5.06. The molecule has 28 heavy (non-hydrogen) atoms. The minimum Gasteiger partial charge on any atom is -0.485 e. The van der Waals surface area contributed by atoms with Crippen LogP contribution in [-0.4, -0.2) is 28.7 Å². The number of nitrogens with one attached hydrogen (secondary N) is 1. The first-order valence-electron chi connectivity index (χ1n) is 9.27. The second kappa shape index (κ2) is 7.80. The van der Waals surface area contributed by atoms with E-state index in [0.717, 1.165) is 29.5 Å². The lowest BCUT2D eigenvalue weighted by atomic mass is 10.0. The highest BCUT2D eigenvalue weighted by molar-refractivity contribution is 5.92. The Hall–Kier alpha value is -3.22. The normalized spacial score (nSPS) is 15.1. The molecule has 0 radical (unpaired) electrons. The molecule has 0 fully saturated rings. The van der Waals surface area contributed by atoms with Crippen molar-refractivity contribution in [3.63, 3.8) is 0 Å². The zero-order valence-electron chi connectivity index (χ0n) is 15.4. The van der Waals surface area contributed by atoms with Crippen molar-refractivity contribution in [2.45, 2.75) is 32.3 Å². The number of rotatable bonds is 6. The molecule has 0 saturated carbocycles. The molecule has 2 aromatic heterocycles. The summed E-state index contributed by atoms with van der Waals surface area (Å²) in [4.78, 5) is 16.3. The van der Waals surface area contributed by atoms with E-state index < -0.39 is 5.82 Å². The molecule has 6 nitrogen and oxygen atoms in total. The van der Waals surface area contributed by atoms with Crippen LogP contribution in [0.1, 0.15) is 35.2 Å². The summed E-state index contributed by atoms with van der Waals surface area (Å²) in [5, 5.41) is 6.56. The standard InChI is InChI=1S/C21H20FN3O3/c1-2-4-16-10-19(25-28-16)21(26)24-12-17-8-15-7-14(9-18(22)20(15)27-17)13-5-3-6-23-11-13/h3,5-7,9-11,17H,2,4,8,12H2,1H3,(H,24,26)/t17-/m0/s1. The van der Waals surface area contributed by atoms with Crippen LogP contribution in [0.2, 0.25) is 0 Å². The summed E-state index contributed by atoms with van der Waals surface area (Å²) in [6, 6.07) is 8.69. The Labute approximate surface area is 161 Å². The van der Waals surface area contributed by atoms with Crippen LogP contribution in [0.25, 0.3) is 11.1 Å². The number of aromatic nitrogens is 2. The molecular weight excluding hydrogens is 361 g/mol. The highest BCUT2D eigenvalue weighted by Gasteiger charge is 2.27. The van der Waals surface area contributed by atoms with Crippen molar-refractivity contribution < 1.29 is 18.4 Å². The molecule has 1 amide bonds. The van der Waals surface area contributed by atoms with E-state index >= 15 is 0 Å². The van der Waals surface area contributed by atoms with E-state index in [1.54, 1.807) is 18.5 Å². The van der Waals surface area contributed by atoms with Gasteiger partial charge in [-0.25, -0.2) is 4.39 Å². The number of aryl methyl sites for hydroxylation is 1. The van der Waals surface area contributed by atoms with Crippen LogP contribution in [0, 0.1) is 5.82 Å². The molecular formula is C21H20FN3O3. The summed E-state index contributed by atoms with van der Waals surface area (Å²) >= 11 is 0. The topological polar surface area (TPSA) is 77.2 Å². The molecule has 3 aromatic rings. The Balaban J connectivity index is 1.40. The molecule has 4 rings (SSSR count). The van der Waals surface area contributed by atoms with Gasteiger partial charge in [-0.05, 0) is 30.2 Å². The molecule has 144 valence electrons. The lowest BCUT2D eigenvalue weighted by Crippen LogP contribution is -2.34. The predicted octanol–water partition coefficient (Wildman–Crippen LogP) is 3.56. The molecule has 0 bridgehead atoms. The van der Waals surface area contributed by atoms with Gasteiger partial charge in [0.1, 0.15) is 11.9 Å². The van der Waals surface area contributed by atoms with Gasteiger partial charge in [0.05, 0.1) is 6.54 Å². The van der Waals surface area contributed by atoms with Crippen LogP contribution >= 0.6 is 0 Å². The average molecular weight is 381 g/mol. The average Bonchev–Trinajstić information content (AvgIpc) is 3.34. The second-order valence-corrected chi connectivity index (χ2v) is 6.77. The zero-order valence-corrected chi connectivity index (χ0v) is 15.4. The van der Waals surface area contributed by atoms with Gasteiger partial charge in [0.2, 0.25) is 0 Å². The molecule has 0 aliphatic carbocycles. The number of amides is 1. The fourth-order valence-corrected chi connectivity index (χ4v) is 3.28. The SMILES string of the molecule is CCCc1cc(C(=O)NC[C@@H]2Cc3cc(-c4cccnc4)cc(F)c3O2)no1.